The van der Waals surface area contributed by atoms with Crippen molar-refractivity contribution in [2.45, 2.75) is 20.3 Å². The van der Waals surface area contributed by atoms with E-state index in [4.69, 9.17) is 16.3 Å². The highest BCUT2D eigenvalue weighted by atomic mass is 35.5. The van der Waals surface area contributed by atoms with E-state index in [-0.39, 0.29) is 5.78 Å². The SMILES string of the molecule is CC(=O)c1csc(CCOc2ccc(Cl)cc2C)n1. The van der Waals surface area contributed by atoms with Crippen LogP contribution in [0.3, 0.4) is 0 Å². The van der Waals surface area contributed by atoms with Gasteiger partial charge >= 0.3 is 0 Å². The Bertz CT molecular complexity index is 595. The number of ketones is 1. The van der Waals surface area contributed by atoms with Gasteiger partial charge in [0.1, 0.15) is 11.4 Å². The predicted octanol–water partition coefficient (Wildman–Crippen LogP) is 3.93. The van der Waals surface area contributed by atoms with Crippen LogP contribution >= 0.6 is 22.9 Å². The summed E-state index contributed by atoms with van der Waals surface area (Å²) >= 11 is 7.37. The third-order valence-corrected chi connectivity index (χ3v) is 3.77. The van der Waals surface area contributed by atoms with E-state index in [1.807, 2.05) is 19.1 Å². The third kappa shape index (κ3) is 3.78. The Morgan fingerprint density at radius 2 is 2.26 bits per heavy atom. The van der Waals surface area contributed by atoms with Crippen molar-refractivity contribution in [1.29, 1.82) is 0 Å². The topological polar surface area (TPSA) is 39.2 Å². The Morgan fingerprint density at radius 1 is 1.47 bits per heavy atom. The molecule has 0 N–H and O–H groups in total. The van der Waals surface area contributed by atoms with Crippen LogP contribution in [0.5, 0.6) is 5.75 Å². The second-order valence-electron chi connectivity index (χ2n) is 4.19. The lowest BCUT2D eigenvalue weighted by atomic mass is 10.2. The van der Waals surface area contributed by atoms with Crippen molar-refractivity contribution in [3.63, 3.8) is 0 Å². The Labute approximate surface area is 121 Å². The lowest BCUT2D eigenvalue weighted by Crippen LogP contribution is -2.03. The summed E-state index contributed by atoms with van der Waals surface area (Å²) in [4.78, 5) is 15.4. The molecule has 19 heavy (non-hydrogen) atoms. The van der Waals surface area contributed by atoms with Gasteiger partial charge in [-0.05, 0) is 30.7 Å². The van der Waals surface area contributed by atoms with Gasteiger partial charge in [0.25, 0.3) is 0 Å². The van der Waals surface area contributed by atoms with Crippen molar-refractivity contribution in [1.82, 2.24) is 4.98 Å². The average Bonchev–Trinajstić information content (AvgIpc) is 2.81. The normalized spacial score (nSPS) is 10.5. The van der Waals surface area contributed by atoms with Crippen LogP contribution in [-0.4, -0.2) is 17.4 Å². The molecular weight excluding hydrogens is 282 g/mol. The predicted molar refractivity (Wildman–Crippen MR) is 77.5 cm³/mol. The van der Waals surface area contributed by atoms with Gasteiger partial charge in [0, 0.05) is 23.7 Å². The van der Waals surface area contributed by atoms with Crippen molar-refractivity contribution >= 4 is 28.7 Å². The summed E-state index contributed by atoms with van der Waals surface area (Å²) in [5, 5.41) is 3.40. The highest BCUT2D eigenvalue weighted by Crippen LogP contribution is 2.22. The fourth-order valence-electron chi connectivity index (χ4n) is 1.61. The second-order valence-corrected chi connectivity index (χ2v) is 5.57. The molecule has 0 saturated heterocycles. The van der Waals surface area contributed by atoms with E-state index in [0.29, 0.717) is 23.7 Å². The fourth-order valence-corrected chi connectivity index (χ4v) is 2.66. The van der Waals surface area contributed by atoms with E-state index < -0.39 is 0 Å². The number of carbonyl (C=O) groups excluding carboxylic acids is 1. The van der Waals surface area contributed by atoms with Gasteiger partial charge in [-0.1, -0.05) is 11.6 Å². The molecule has 0 unspecified atom stereocenters. The Kier molecular flexibility index (Phi) is 4.56. The maximum Gasteiger partial charge on any atom is 0.178 e. The van der Waals surface area contributed by atoms with Gasteiger partial charge in [0.05, 0.1) is 11.6 Å². The quantitative estimate of drug-likeness (QED) is 0.785. The minimum Gasteiger partial charge on any atom is -0.493 e. The molecule has 0 atom stereocenters. The van der Waals surface area contributed by atoms with Crippen molar-refractivity contribution in [2.24, 2.45) is 0 Å². The van der Waals surface area contributed by atoms with Crippen molar-refractivity contribution in [2.75, 3.05) is 6.61 Å². The van der Waals surface area contributed by atoms with E-state index in [9.17, 15) is 4.79 Å². The smallest absolute Gasteiger partial charge is 0.178 e. The number of aromatic nitrogens is 1. The molecule has 2 rings (SSSR count). The summed E-state index contributed by atoms with van der Waals surface area (Å²) in [6.45, 7) is 4.01. The van der Waals surface area contributed by atoms with Gasteiger partial charge in [-0.25, -0.2) is 4.98 Å². The first-order chi connectivity index (χ1) is 9.06. The molecule has 100 valence electrons. The summed E-state index contributed by atoms with van der Waals surface area (Å²) in [6, 6.07) is 5.54. The molecule has 1 heterocycles. The van der Waals surface area contributed by atoms with Crippen LogP contribution in [-0.2, 0) is 6.42 Å². The lowest BCUT2D eigenvalue weighted by Gasteiger charge is -2.08. The molecule has 1 aromatic carbocycles. The molecule has 0 bridgehead atoms. The first-order valence-corrected chi connectivity index (χ1v) is 7.16. The molecule has 0 aliphatic carbocycles. The highest BCUT2D eigenvalue weighted by molar-refractivity contribution is 7.09. The molecule has 0 radical (unpaired) electrons. The number of aryl methyl sites for hydroxylation is 1. The van der Waals surface area contributed by atoms with Gasteiger partial charge in [0.15, 0.2) is 5.78 Å². The van der Waals surface area contributed by atoms with E-state index in [2.05, 4.69) is 4.98 Å². The van der Waals surface area contributed by atoms with Gasteiger partial charge in [-0.15, -0.1) is 11.3 Å². The number of rotatable bonds is 5. The van der Waals surface area contributed by atoms with Crippen LogP contribution < -0.4 is 4.74 Å². The average molecular weight is 296 g/mol. The monoisotopic (exact) mass is 295 g/mol. The largest absolute Gasteiger partial charge is 0.493 e. The molecule has 0 saturated carbocycles. The van der Waals surface area contributed by atoms with Crippen LogP contribution in [0, 0.1) is 6.92 Å². The second kappa shape index (κ2) is 6.17. The molecule has 0 amide bonds. The zero-order chi connectivity index (χ0) is 13.8. The Hall–Kier alpha value is -1.39. The number of halogens is 1. The van der Waals surface area contributed by atoms with E-state index in [1.165, 1.54) is 18.3 Å². The van der Waals surface area contributed by atoms with Gasteiger partial charge in [-0.3, -0.25) is 4.79 Å². The van der Waals surface area contributed by atoms with Crippen molar-refractivity contribution in [3.8, 4) is 5.75 Å². The molecule has 3 nitrogen and oxygen atoms in total. The van der Waals surface area contributed by atoms with Crippen LogP contribution in [0.15, 0.2) is 23.6 Å². The molecule has 0 aliphatic rings. The summed E-state index contributed by atoms with van der Waals surface area (Å²) < 4.78 is 5.69. The summed E-state index contributed by atoms with van der Waals surface area (Å²) in [6.07, 6.45) is 0.694. The van der Waals surface area contributed by atoms with Gasteiger partial charge in [0.2, 0.25) is 0 Å². The highest BCUT2D eigenvalue weighted by Gasteiger charge is 2.06. The molecule has 1 aromatic heterocycles. The van der Waals surface area contributed by atoms with E-state index in [1.54, 1.807) is 11.4 Å². The Morgan fingerprint density at radius 3 is 2.89 bits per heavy atom. The summed E-state index contributed by atoms with van der Waals surface area (Å²) in [7, 11) is 0. The minimum absolute atomic E-state index is 0.00281. The van der Waals surface area contributed by atoms with Crippen LogP contribution in [0.4, 0.5) is 0 Å². The maximum atomic E-state index is 11.1. The fraction of sp³-hybridized carbons (Fsp3) is 0.286. The van der Waals surface area contributed by atoms with Crippen LogP contribution in [0.1, 0.15) is 28.0 Å². The zero-order valence-electron chi connectivity index (χ0n) is 10.8. The first-order valence-electron chi connectivity index (χ1n) is 5.90. The van der Waals surface area contributed by atoms with Gasteiger partial charge < -0.3 is 4.74 Å². The summed E-state index contributed by atoms with van der Waals surface area (Å²) in [5.74, 6) is 0.824. The standard InChI is InChI=1S/C14H14ClNO2S/c1-9-7-11(15)3-4-13(9)18-6-5-14-16-12(8-19-14)10(2)17/h3-4,7-8H,5-6H2,1-2H3. The van der Waals surface area contributed by atoms with Crippen molar-refractivity contribution in [3.05, 3.63) is 44.9 Å². The zero-order valence-corrected chi connectivity index (χ0v) is 12.3. The van der Waals surface area contributed by atoms with Crippen LogP contribution in [0.25, 0.3) is 0 Å². The first kappa shape index (κ1) is 14.0. The number of Topliss-reactive ketones (excluding diaryl/α,β-unsaturated/α-hetero) is 1. The maximum absolute atomic E-state index is 11.1. The minimum atomic E-state index is -0.00281. The molecule has 0 aliphatic heterocycles. The molecular formula is C14H14ClNO2S. The van der Waals surface area contributed by atoms with E-state index >= 15 is 0 Å². The van der Waals surface area contributed by atoms with Crippen LogP contribution in [0.2, 0.25) is 5.02 Å². The number of ether oxygens (including phenoxy) is 1. The molecule has 0 fully saturated rings. The number of thiazole rings is 1. The van der Waals surface area contributed by atoms with Gasteiger partial charge in [-0.2, -0.15) is 0 Å². The number of carbonyl (C=O) groups is 1. The number of hydrogen-bond donors (Lipinski definition) is 0. The number of nitrogens with zero attached hydrogens (tertiary/aromatic N) is 1. The van der Waals surface area contributed by atoms with E-state index in [0.717, 1.165) is 16.3 Å². The Balaban J connectivity index is 1.90. The number of benzene rings is 1. The lowest BCUT2D eigenvalue weighted by molar-refractivity contribution is 0.101. The molecule has 0 spiro atoms. The molecule has 5 heteroatoms. The molecule has 2 aromatic rings. The number of hydrogen-bond acceptors (Lipinski definition) is 4. The third-order valence-electron chi connectivity index (χ3n) is 2.62. The summed E-state index contributed by atoms with van der Waals surface area (Å²) in [5.41, 5.74) is 1.54. The van der Waals surface area contributed by atoms with Crippen molar-refractivity contribution < 1.29 is 9.53 Å².